The fraction of sp³-hybridized carbons (Fsp3) is 0.280. The van der Waals surface area contributed by atoms with Gasteiger partial charge in [-0.25, -0.2) is 0 Å². The molecule has 1 N–H and O–H groups in total. The Morgan fingerprint density at radius 1 is 0.862 bits per heavy atom. The molecule has 4 rings (SSSR count). The Balaban J connectivity index is 1.60. The molecule has 4 heteroatoms. The first kappa shape index (κ1) is 20.1. The number of nitrogens with zero attached hydrogens (tertiary/aromatic N) is 1. The minimum atomic E-state index is 0.225. The highest BCUT2D eigenvalue weighted by Gasteiger charge is 2.23. The molecular weight excluding hydrogens is 424 g/mol. The molecule has 1 saturated heterocycles. The molecule has 1 heterocycles. The maximum Gasteiger partial charge on any atom is 0.120 e. The summed E-state index contributed by atoms with van der Waals surface area (Å²) in [5.41, 5.74) is 3.77. The van der Waals surface area contributed by atoms with Crippen LogP contribution in [0.3, 0.4) is 0 Å². The third kappa shape index (κ3) is 5.47. The first-order valence-corrected chi connectivity index (χ1v) is 11.1. The summed E-state index contributed by atoms with van der Waals surface area (Å²) < 4.78 is 7.22. The van der Waals surface area contributed by atoms with Gasteiger partial charge in [0.2, 0.25) is 0 Å². The van der Waals surface area contributed by atoms with Crippen molar-refractivity contribution in [1.82, 2.24) is 10.2 Å². The molecule has 0 aromatic heterocycles. The molecule has 0 aliphatic carbocycles. The van der Waals surface area contributed by atoms with Crippen LogP contribution in [0.25, 0.3) is 0 Å². The van der Waals surface area contributed by atoms with E-state index >= 15 is 0 Å². The Hall–Kier alpha value is -2.14. The summed E-state index contributed by atoms with van der Waals surface area (Å²) in [4.78, 5) is 2.58. The monoisotopic (exact) mass is 450 g/mol. The second-order valence-electron chi connectivity index (χ2n) is 7.44. The highest BCUT2D eigenvalue weighted by atomic mass is 79.9. The molecule has 3 aromatic rings. The van der Waals surface area contributed by atoms with Gasteiger partial charge in [-0.1, -0.05) is 70.5 Å². The van der Waals surface area contributed by atoms with E-state index in [0.29, 0.717) is 6.61 Å². The van der Waals surface area contributed by atoms with E-state index in [-0.39, 0.29) is 6.04 Å². The Bertz CT molecular complexity index is 890. The molecule has 1 fully saturated rings. The van der Waals surface area contributed by atoms with Crippen LogP contribution < -0.4 is 10.1 Å². The molecule has 3 nitrogen and oxygen atoms in total. The molecule has 0 bridgehead atoms. The smallest absolute Gasteiger partial charge is 0.120 e. The van der Waals surface area contributed by atoms with Gasteiger partial charge in [-0.3, -0.25) is 4.90 Å². The normalized spacial score (nSPS) is 16.2. The van der Waals surface area contributed by atoms with Gasteiger partial charge in [-0.2, -0.15) is 0 Å². The molecule has 1 atom stereocenters. The molecule has 0 amide bonds. The van der Waals surface area contributed by atoms with E-state index in [2.05, 4.69) is 86.8 Å². The number of halogens is 1. The third-order valence-electron chi connectivity index (χ3n) is 5.35. The van der Waals surface area contributed by atoms with Gasteiger partial charge in [-0.05, 0) is 53.9 Å². The highest BCUT2D eigenvalue weighted by Crippen LogP contribution is 2.32. The highest BCUT2D eigenvalue weighted by molar-refractivity contribution is 9.10. The lowest BCUT2D eigenvalue weighted by atomic mass is 9.96. The zero-order valence-electron chi connectivity index (χ0n) is 16.6. The van der Waals surface area contributed by atoms with Crippen LogP contribution in [0.2, 0.25) is 0 Å². The number of hydrogen-bond acceptors (Lipinski definition) is 3. The van der Waals surface area contributed by atoms with Gasteiger partial charge in [0.25, 0.3) is 0 Å². The molecule has 0 radical (unpaired) electrons. The summed E-state index contributed by atoms with van der Waals surface area (Å²) in [5, 5.41) is 3.52. The van der Waals surface area contributed by atoms with Gasteiger partial charge in [0, 0.05) is 24.1 Å². The second kappa shape index (κ2) is 10.1. The van der Waals surface area contributed by atoms with Crippen LogP contribution >= 0.6 is 15.9 Å². The first-order chi connectivity index (χ1) is 14.3. The van der Waals surface area contributed by atoms with Gasteiger partial charge in [-0.15, -0.1) is 0 Å². The molecule has 1 aliphatic heterocycles. The van der Waals surface area contributed by atoms with Crippen molar-refractivity contribution >= 4 is 15.9 Å². The van der Waals surface area contributed by atoms with Gasteiger partial charge in [0.1, 0.15) is 12.4 Å². The van der Waals surface area contributed by atoms with Crippen LogP contribution in [0.1, 0.15) is 29.2 Å². The van der Waals surface area contributed by atoms with Crippen molar-refractivity contribution < 1.29 is 4.74 Å². The van der Waals surface area contributed by atoms with Crippen LogP contribution in [-0.2, 0) is 6.61 Å². The van der Waals surface area contributed by atoms with Gasteiger partial charge < -0.3 is 10.1 Å². The molecule has 1 aliphatic rings. The van der Waals surface area contributed by atoms with Gasteiger partial charge in [0.05, 0.1) is 6.04 Å². The SMILES string of the molecule is Brc1ccc(C(c2cccc(OCc3ccccc3)c2)N2CCCNCC2)cc1. The Morgan fingerprint density at radius 2 is 1.69 bits per heavy atom. The fourth-order valence-electron chi connectivity index (χ4n) is 3.90. The Labute approximate surface area is 181 Å². The van der Waals surface area contributed by atoms with Gasteiger partial charge in [0.15, 0.2) is 0 Å². The first-order valence-electron chi connectivity index (χ1n) is 10.3. The van der Waals surface area contributed by atoms with Crippen molar-refractivity contribution in [3.63, 3.8) is 0 Å². The zero-order chi connectivity index (χ0) is 19.9. The molecule has 1 unspecified atom stereocenters. The topological polar surface area (TPSA) is 24.5 Å². The van der Waals surface area contributed by atoms with E-state index < -0.39 is 0 Å². The summed E-state index contributed by atoms with van der Waals surface area (Å²) in [6, 6.07) is 27.8. The van der Waals surface area contributed by atoms with E-state index in [4.69, 9.17) is 4.74 Å². The predicted octanol–water partition coefficient (Wildman–Crippen LogP) is 5.41. The molecule has 150 valence electrons. The van der Waals surface area contributed by atoms with Crippen LogP contribution in [-0.4, -0.2) is 31.1 Å². The lowest BCUT2D eigenvalue weighted by molar-refractivity contribution is 0.240. The molecule has 0 saturated carbocycles. The number of rotatable bonds is 6. The van der Waals surface area contributed by atoms with E-state index in [1.165, 1.54) is 16.7 Å². The van der Waals surface area contributed by atoms with Crippen LogP contribution in [0.15, 0.2) is 83.3 Å². The van der Waals surface area contributed by atoms with E-state index in [0.717, 1.165) is 42.8 Å². The summed E-state index contributed by atoms with van der Waals surface area (Å²) in [6.45, 7) is 4.82. The zero-order valence-corrected chi connectivity index (χ0v) is 18.1. The minimum absolute atomic E-state index is 0.225. The molecular formula is C25H27BrN2O. The van der Waals surface area contributed by atoms with Gasteiger partial charge >= 0.3 is 0 Å². The fourth-order valence-corrected chi connectivity index (χ4v) is 4.16. The number of benzene rings is 3. The maximum absolute atomic E-state index is 6.11. The second-order valence-corrected chi connectivity index (χ2v) is 8.36. The van der Waals surface area contributed by atoms with E-state index in [9.17, 15) is 0 Å². The maximum atomic E-state index is 6.11. The lowest BCUT2D eigenvalue weighted by Gasteiger charge is -2.31. The third-order valence-corrected chi connectivity index (χ3v) is 5.88. The average molecular weight is 451 g/mol. The Kier molecular flexibility index (Phi) is 6.99. The molecule has 0 spiro atoms. The van der Waals surface area contributed by atoms with Crippen molar-refractivity contribution in [1.29, 1.82) is 0 Å². The standard InChI is InChI=1S/C25H27BrN2O/c26-23-12-10-21(11-13-23)25(28-16-5-14-27-15-17-28)22-8-4-9-24(18-22)29-19-20-6-2-1-3-7-20/h1-4,6-13,18,25,27H,5,14-17,19H2. The van der Waals surface area contributed by atoms with Crippen molar-refractivity contribution in [3.8, 4) is 5.75 Å². The summed E-state index contributed by atoms with van der Waals surface area (Å²) in [6.07, 6.45) is 1.16. The van der Waals surface area contributed by atoms with E-state index in [1.807, 2.05) is 18.2 Å². The minimum Gasteiger partial charge on any atom is -0.489 e. The van der Waals surface area contributed by atoms with Crippen molar-refractivity contribution in [2.45, 2.75) is 19.1 Å². The molecule has 3 aromatic carbocycles. The predicted molar refractivity (Wildman–Crippen MR) is 122 cm³/mol. The number of hydrogen-bond donors (Lipinski definition) is 1. The Morgan fingerprint density at radius 3 is 2.52 bits per heavy atom. The largest absolute Gasteiger partial charge is 0.489 e. The average Bonchev–Trinajstić information content (AvgIpc) is 3.04. The summed E-state index contributed by atoms with van der Waals surface area (Å²) >= 11 is 3.57. The van der Waals surface area contributed by atoms with Crippen molar-refractivity contribution in [2.75, 3.05) is 26.2 Å². The van der Waals surface area contributed by atoms with Crippen LogP contribution in [0.5, 0.6) is 5.75 Å². The molecule has 29 heavy (non-hydrogen) atoms. The number of nitrogens with one attached hydrogen (secondary N) is 1. The van der Waals surface area contributed by atoms with Crippen LogP contribution in [0.4, 0.5) is 0 Å². The van der Waals surface area contributed by atoms with Crippen molar-refractivity contribution in [2.24, 2.45) is 0 Å². The summed E-state index contributed by atoms with van der Waals surface area (Å²) in [5.74, 6) is 0.918. The van der Waals surface area contributed by atoms with E-state index in [1.54, 1.807) is 0 Å². The lowest BCUT2D eigenvalue weighted by Crippen LogP contribution is -2.33. The van der Waals surface area contributed by atoms with Crippen molar-refractivity contribution in [3.05, 3.63) is 100 Å². The summed E-state index contributed by atoms with van der Waals surface area (Å²) in [7, 11) is 0. The van der Waals surface area contributed by atoms with Crippen LogP contribution in [0, 0.1) is 0 Å². The quantitative estimate of drug-likeness (QED) is 0.542. The number of ether oxygens (including phenoxy) is 1.